The summed E-state index contributed by atoms with van der Waals surface area (Å²) in [4.78, 5) is 1.75. The van der Waals surface area contributed by atoms with E-state index in [0.717, 1.165) is 5.56 Å². The third-order valence-electron chi connectivity index (χ3n) is 2.05. The first kappa shape index (κ1) is 11.0. The molecule has 0 aliphatic rings. The van der Waals surface area contributed by atoms with Gasteiger partial charge in [0.15, 0.2) is 0 Å². The summed E-state index contributed by atoms with van der Waals surface area (Å²) < 4.78 is 13.5. The fourth-order valence-electron chi connectivity index (χ4n) is 1.41. The number of nitrogens with two attached hydrogens (primary N) is 1. The molecule has 0 spiro atoms. The van der Waals surface area contributed by atoms with Crippen LogP contribution < -0.4 is 10.6 Å². The lowest BCUT2D eigenvalue weighted by molar-refractivity contribution is 0.621. The summed E-state index contributed by atoms with van der Waals surface area (Å²) in [5.74, 6) is -0.187. The molecule has 0 aromatic heterocycles. The molecule has 0 amide bonds. The average molecular weight is 196 g/mol. The minimum absolute atomic E-state index is 0.0691. The van der Waals surface area contributed by atoms with E-state index in [2.05, 4.69) is 0 Å². The Morgan fingerprint density at radius 3 is 2.50 bits per heavy atom. The van der Waals surface area contributed by atoms with Gasteiger partial charge in [0.1, 0.15) is 5.82 Å². The van der Waals surface area contributed by atoms with Gasteiger partial charge in [0.2, 0.25) is 0 Å². The van der Waals surface area contributed by atoms with E-state index < -0.39 is 0 Å². The van der Waals surface area contributed by atoms with Crippen molar-refractivity contribution in [2.24, 2.45) is 5.73 Å². The molecule has 2 N–H and O–H groups in total. The second kappa shape index (κ2) is 4.42. The van der Waals surface area contributed by atoms with E-state index >= 15 is 0 Å². The van der Waals surface area contributed by atoms with E-state index in [9.17, 15) is 4.39 Å². The van der Waals surface area contributed by atoms with Crippen LogP contribution >= 0.6 is 0 Å². The van der Waals surface area contributed by atoms with E-state index in [0.29, 0.717) is 12.1 Å². The Morgan fingerprint density at radius 1 is 1.43 bits per heavy atom. The number of anilines is 1. The predicted octanol–water partition coefficient (Wildman–Crippen LogP) is 1.78. The van der Waals surface area contributed by atoms with E-state index in [4.69, 9.17) is 5.73 Å². The monoisotopic (exact) mass is 196 g/mol. The van der Waals surface area contributed by atoms with Crippen molar-refractivity contribution in [2.75, 3.05) is 19.0 Å². The van der Waals surface area contributed by atoms with Gasteiger partial charge in [0.05, 0.1) is 5.69 Å². The van der Waals surface area contributed by atoms with Crippen LogP contribution in [0.1, 0.15) is 12.5 Å². The van der Waals surface area contributed by atoms with Crippen LogP contribution in [-0.2, 0) is 6.42 Å². The standard InChI is InChI=1S/C11H17FN2/c1-8(13)6-9-4-5-11(14(2)3)10(12)7-9/h4-5,7-8H,6,13H2,1-3H3/t8-/m0/s1. The summed E-state index contributed by atoms with van der Waals surface area (Å²) in [5, 5.41) is 0. The molecule has 1 aromatic carbocycles. The van der Waals surface area contributed by atoms with E-state index in [-0.39, 0.29) is 11.9 Å². The quantitative estimate of drug-likeness (QED) is 0.798. The third kappa shape index (κ3) is 2.70. The largest absolute Gasteiger partial charge is 0.375 e. The smallest absolute Gasteiger partial charge is 0.146 e. The highest BCUT2D eigenvalue weighted by Crippen LogP contribution is 2.18. The summed E-state index contributed by atoms with van der Waals surface area (Å²) in [6.45, 7) is 1.91. The van der Waals surface area contributed by atoms with Gasteiger partial charge in [0.25, 0.3) is 0 Å². The molecule has 3 heteroatoms. The molecule has 0 heterocycles. The zero-order valence-electron chi connectivity index (χ0n) is 8.92. The Balaban J connectivity index is 2.89. The zero-order valence-corrected chi connectivity index (χ0v) is 8.92. The minimum atomic E-state index is -0.187. The highest BCUT2D eigenvalue weighted by Gasteiger charge is 2.06. The van der Waals surface area contributed by atoms with Gasteiger partial charge >= 0.3 is 0 Å². The predicted molar refractivity (Wildman–Crippen MR) is 58.1 cm³/mol. The van der Waals surface area contributed by atoms with Crippen LogP contribution in [0, 0.1) is 5.82 Å². The number of rotatable bonds is 3. The van der Waals surface area contributed by atoms with Crippen LogP contribution in [0.4, 0.5) is 10.1 Å². The molecule has 78 valence electrons. The lowest BCUT2D eigenvalue weighted by Gasteiger charge is -2.14. The maximum atomic E-state index is 13.5. The minimum Gasteiger partial charge on any atom is -0.375 e. The number of nitrogens with zero attached hydrogens (tertiary/aromatic N) is 1. The maximum absolute atomic E-state index is 13.5. The molecule has 0 fully saturated rings. The molecule has 0 radical (unpaired) electrons. The van der Waals surface area contributed by atoms with Gasteiger partial charge in [0, 0.05) is 20.1 Å². The van der Waals surface area contributed by atoms with Crippen LogP contribution in [0.25, 0.3) is 0 Å². The van der Waals surface area contributed by atoms with Crippen molar-refractivity contribution < 1.29 is 4.39 Å². The van der Waals surface area contributed by atoms with Crippen molar-refractivity contribution in [3.05, 3.63) is 29.6 Å². The Kier molecular flexibility index (Phi) is 3.47. The van der Waals surface area contributed by atoms with Crippen molar-refractivity contribution >= 4 is 5.69 Å². The molecule has 0 aliphatic heterocycles. The van der Waals surface area contributed by atoms with E-state index in [1.165, 1.54) is 0 Å². The van der Waals surface area contributed by atoms with Gasteiger partial charge in [-0.2, -0.15) is 0 Å². The molecule has 0 saturated heterocycles. The van der Waals surface area contributed by atoms with Crippen molar-refractivity contribution in [3.63, 3.8) is 0 Å². The first-order chi connectivity index (χ1) is 6.50. The first-order valence-corrected chi connectivity index (χ1v) is 4.72. The molecule has 1 aromatic rings. The lowest BCUT2D eigenvalue weighted by Crippen LogP contribution is -2.18. The molecule has 0 unspecified atom stereocenters. The molecule has 0 bridgehead atoms. The Bertz CT molecular complexity index is 308. The van der Waals surface area contributed by atoms with Gasteiger partial charge < -0.3 is 10.6 Å². The van der Waals surface area contributed by atoms with Crippen molar-refractivity contribution in [2.45, 2.75) is 19.4 Å². The molecule has 2 nitrogen and oxygen atoms in total. The van der Waals surface area contributed by atoms with Gasteiger partial charge in [-0.1, -0.05) is 6.07 Å². The summed E-state index contributed by atoms with van der Waals surface area (Å²) in [7, 11) is 3.65. The SMILES string of the molecule is C[C@H](N)Cc1ccc(N(C)C)c(F)c1. The summed E-state index contributed by atoms with van der Waals surface area (Å²) in [6.07, 6.45) is 0.713. The van der Waals surface area contributed by atoms with Crippen LogP contribution in [0.2, 0.25) is 0 Å². The Labute approximate surface area is 84.5 Å². The summed E-state index contributed by atoms with van der Waals surface area (Å²) in [5.41, 5.74) is 7.20. The van der Waals surface area contributed by atoms with Crippen molar-refractivity contribution in [1.82, 2.24) is 0 Å². The van der Waals surface area contributed by atoms with E-state index in [1.54, 1.807) is 17.0 Å². The average Bonchev–Trinajstić information content (AvgIpc) is 2.01. The molecule has 0 aliphatic carbocycles. The lowest BCUT2D eigenvalue weighted by atomic mass is 10.1. The topological polar surface area (TPSA) is 29.3 Å². The molecule has 1 rings (SSSR count). The van der Waals surface area contributed by atoms with Gasteiger partial charge in [-0.25, -0.2) is 4.39 Å². The van der Waals surface area contributed by atoms with Crippen molar-refractivity contribution in [3.8, 4) is 0 Å². The number of hydrogen-bond acceptors (Lipinski definition) is 2. The van der Waals surface area contributed by atoms with Gasteiger partial charge in [-0.3, -0.25) is 0 Å². The van der Waals surface area contributed by atoms with Crippen LogP contribution in [0.3, 0.4) is 0 Å². The molecule has 0 saturated carbocycles. The highest BCUT2D eigenvalue weighted by atomic mass is 19.1. The highest BCUT2D eigenvalue weighted by molar-refractivity contribution is 5.47. The fourth-order valence-corrected chi connectivity index (χ4v) is 1.41. The molecular formula is C11H17FN2. The summed E-state index contributed by atoms with van der Waals surface area (Å²) >= 11 is 0. The fraction of sp³-hybridized carbons (Fsp3) is 0.455. The van der Waals surface area contributed by atoms with Crippen LogP contribution in [-0.4, -0.2) is 20.1 Å². The summed E-state index contributed by atoms with van der Waals surface area (Å²) in [6, 6.07) is 5.33. The first-order valence-electron chi connectivity index (χ1n) is 4.72. The van der Waals surface area contributed by atoms with Crippen LogP contribution in [0.15, 0.2) is 18.2 Å². The second-order valence-corrected chi connectivity index (χ2v) is 3.86. The Morgan fingerprint density at radius 2 is 2.07 bits per heavy atom. The third-order valence-corrected chi connectivity index (χ3v) is 2.05. The number of benzene rings is 1. The zero-order chi connectivity index (χ0) is 10.7. The molecule has 14 heavy (non-hydrogen) atoms. The van der Waals surface area contributed by atoms with Gasteiger partial charge in [-0.05, 0) is 31.0 Å². The number of halogens is 1. The van der Waals surface area contributed by atoms with Crippen molar-refractivity contribution in [1.29, 1.82) is 0 Å². The molecular weight excluding hydrogens is 179 g/mol. The van der Waals surface area contributed by atoms with Gasteiger partial charge in [-0.15, -0.1) is 0 Å². The molecule has 1 atom stereocenters. The van der Waals surface area contributed by atoms with Crippen LogP contribution in [0.5, 0.6) is 0 Å². The normalized spacial score (nSPS) is 12.6. The Hall–Kier alpha value is -1.09. The number of hydrogen-bond donors (Lipinski definition) is 1. The maximum Gasteiger partial charge on any atom is 0.146 e. The van der Waals surface area contributed by atoms with E-state index in [1.807, 2.05) is 27.1 Å². The second-order valence-electron chi connectivity index (χ2n) is 3.86.